The van der Waals surface area contributed by atoms with Crippen molar-refractivity contribution in [1.82, 2.24) is 0 Å². The van der Waals surface area contributed by atoms with E-state index >= 15 is 0 Å². The van der Waals surface area contributed by atoms with Crippen molar-refractivity contribution >= 4 is 17.4 Å². The number of aryl methyl sites for hydroxylation is 2. The van der Waals surface area contributed by atoms with Crippen LogP contribution in [0.25, 0.3) is 0 Å². The van der Waals surface area contributed by atoms with E-state index < -0.39 is 0 Å². The molecule has 0 unspecified atom stereocenters. The third-order valence-corrected chi connectivity index (χ3v) is 2.69. The minimum absolute atomic E-state index is 0.0252. The van der Waals surface area contributed by atoms with E-state index in [0.29, 0.717) is 0 Å². The monoisotopic (exact) mass is 263 g/mol. The lowest BCUT2D eigenvalue weighted by atomic mass is 10.1. The molecule has 1 aromatic rings. The number of nitrogens with one attached hydrogen (secondary N) is 1. The van der Waals surface area contributed by atoms with Crippen molar-refractivity contribution < 1.29 is 14.3 Å². The SMILES string of the molecule is CCc1cc(CC)cc(NC(=O)COCC(C)=O)c1. The van der Waals surface area contributed by atoms with Gasteiger partial charge in [0, 0.05) is 5.69 Å². The van der Waals surface area contributed by atoms with Crippen LogP contribution in [0, 0.1) is 0 Å². The molecule has 0 atom stereocenters. The van der Waals surface area contributed by atoms with E-state index in [9.17, 15) is 9.59 Å². The van der Waals surface area contributed by atoms with Crippen molar-refractivity contribution in [3.05, 3.63) is 29.3 Å². The fourth-order valence-electron chi connectivity index (χ4n) is 1.73. The molecule has 104 valence electrons. The molecule has 0 aromatic heterocycles. The van der Waals surface area contributed by atoms with Crippen molar-refractivity contribution in [2.24, 2.45) is 0 Å². The van der Waals surface area contributed by atoms with Gasteiger partial charge < -0.3 is 10.1 Å². The first kappa shape index (κ1) is 15.4. The van der Waals surface area contributed by atoms with Gasteiger partial charge >= 0.3 is 0 Å². The Morgan fingerprint density at radius 3 is 2.11 bits per heavy atom. The highest BCUT2D eigenvalue weighted by Crippen LogP contribution is 2.16. The normalized spacial score (nSPS) is 10.3. The van der Waals surface area contributed by atoms with Crippen LogP contribution in [-0.2, 0) is 27.2 Å². The van der Waals surface area contributed by atoms with E-state index in [1.807, 2.05) is 12.1 Å². The van der Waals surface area contributed by atoms with Crippen molar-refractivity contribution in [2.75, 3.05) is 18.5 Å². The van der Waals surface area contributed by atoms with E-state index in [0.717, 1.165) is 18.5 Å². The van der Waals surface area contributed by atoms with Gasteiger partial charge in [-0.3, -0.25) is 9.59 Å². The molecule has 4 nitrogen and oxygen atoms in total. The quantitative estimate of drug-likeness (QED) is 0.821. The molecule has 1 aromatic carbocycles. The number of ketones is 1. The second-order valence-electron chi connectivity index (χ2n) is 4.49. The molecule has 4 heteroatoms. The second kappa shape index (κ2) is 7.69. The van der Waals surface area contributed by atoms with E-state index in [-0.39, 0.29) is 24.9 Å². The Morgan fingerprint density at radius 2 is 1.63 bits per heavy atom. The Bertz CT molecular complexity index is 432. The average Bonchev–Trinajstić information content (AvgIpc) is 2.37. The molecule has 0 saturated carbocycles. The van der Waals surface area contributed by atoms with Crippen LogP contribution in [0.1, 0.15) is 31.9 Å². The maximum Gasteiger partial charge on any atom is 0.250 e. The van der Waals surface area contributed by atoms with Gasteiger partial charge in [-0.15, -0.1) is 0 Å². The fourth-order valence-corrected chi connectivity index (χ4v) is 1.73. The average molecular weight is 263 g/mol. The van der Waals surface area contributed by atoms with E-state index in [2.05, 4.69) is 25.2 Å². The number of amides is 1. The molecule has 0 aliphatic carbocycles. The first-order chi connectivity index (χ1) is 9.05. The lowest BCUT2D eigenvalue weighted by Crippen LogP contribution is -2.20. The number of rotatable bonds is 7. The van der Waals surface area contributed by atoms with Gasteiger partial charge in [0.1, 0.15) is 13.2 Å². The largest absolute Gasteiger partial charge is 0.364 e. The smallest absolute Gasteiger partial charge is 0.250 e. The highest BCUT2D eigenvalue weighted by Gasteiger charge is 2.05. The number of benzene rings is 1. The molecule has 0 aliphatic heterocycles. The molecular weight excluding hydrogens is 242 g/mol. The topological polar surface area (TPSA) is 55.4 Å². The van der Waals surface area contributed by atoms with Crippen LogP contribution < -0.4 is 5.32 Å². The summed E-state index contributed by atoms with van der Waals surface area (Å²) in [6, 6.07) is 6.06. The number of Topliss-reactive ketones (excluding diaryl/α,β-unsaturated/α-hetero) is 1. The Hall–Kier alpha value is -1.68. The zero-order valence-electron chi connectivity index (χ0n) is 11.8. The molecule has 1 N–H and O–H groups in total. The van der Waals surface area contributed by atoms with Gasteiger partial charge in [-0.05, 0) is 43.0 Å². The highest BCUT2D eigenvalue weighted by atomic mass is 16.5. The highest BCUT2D eigenvalue weighted by molar-refractivity contribution is 5.92. The van der Waals surface area contributed by atoms with Crippen LogP contribution in [0.15, 0.2) is 18.2 Å². The molecule has 0 aliphatic rings. The molecule has 0 heterocycles. The minimum Gasteiger partial charge on any atom is -0.364 e. The maximum absolute atomic E-state index is 11.6. The van der Waals surface area contributed by atoms with Crippen LogP contribution in [0.3, 0.4) is 0 Å². The summed E-state index contributed by atoms with van der Waals surface area (Å²) < 4.78 is 4.98. The third-order valence-electron chi connectivity index (χ3n) is 2.69. The fraction of sp³-hybridized carbons (Fsp3) is 0.467. The third kappa shape index (κ3) is 5.66. The predicted octanol–water partition coefficient (Wildman–Crippen LogP) is 2.36. The number of hydrogen-bond donors (Lipinski definition) is 1. The maximum atomic E-state index is 11.6. The van der Waals surface area contributed by atoms with Crippen molar-refractivity contribution in [3.8, 4) is 0 Å². The lowest BCUT2D eigenvalue weighted by Gasteiger charge is -2.09. The zero-order valence-corrected chi connectivity index (χ0v) is 11.8. The summed E-state index contributed by atoms with van der Waals surface area (Å²) in [7, 11) is 0. The molecule has 0 radical (unpaired) electrons. The molecular formula is C15H21NO3. The van der Waals surface area contributed by atoms with Crippen LogP contribution >= 0.6 is 0 Å². The second-order valence-corrected chi connectivity index (χ2v) is 4.49. The van der Waals surface area contributed by atoms with Crippen molar-refractivity contribution in [3.63, 3.8) is 0 Å². The minimum atomic E-state index is -0.239. The lowest BCUT2D eigenvalue weighted by molar-refractivity contribution is -0.125. The van der Waals surface area contributed by atoms with E-state index in [1.165, 1.54) is 18.1 Å². The summed E-state index contributed by atoms with van der Waals surface area (Å²) in [4.78, 5) is 22.3. The number of carbonyl (C=O) groups excluding carboxylic acids is 2. The molecule has 19 heavy (non-hydrogen) atoms. The van der Waals surface area contributed by atoms with Gasteiger partial charge in [-0.1, -0.05) is 19.9 Å². The Kier molecular flexibility index (Phi) is 6.22. The van der Waals surface area contributed by atoms with Gasteiger partial charge in [0.2, 0.25) is 5.91 Å². The Balaban J connectivity index is 2.60. The first-order valence-electron chi connectivity index (χ1n) is 6.55. The van der Waals surface area contributed by atoms with Gasteiger partial charge in [0.25, 0.3) is 0 Å². The predicted molar refractivity (Wildman–Crippen MR) is 75.3 cm³/mol. The summed E-state index contributed by atoms with van der Waals surface area (Å²) in [5.41, 5.74) is 3.17. The van der Waals surface area contributed by atoms with E-state index in [1.54, 1.807) is 0 Å². The molecule has 0 bridgehead atoms. The molecule has 0 saturated heterocycles. The van der Waals surface area contributed by atoms with Crippen LogP contribution in [0.4, 0.5) is 5.69 Å². The van der Waals surface area contributed by atoms with Gasteiger partial charge in [-0.25, -0.2) is 0 Å². The summed E-state index contributed by atoms with van der Waals surface area (Å²) in [6.45, 7) is 5.46. The summed E-state index contributed by atoms with van der Waals surface area (Å²) in [5.74, 6) is -0.328. The van der Waals surface area contributed by atoms with Crippen LogP contribution in [0.2, 0.25) is 0 Å². The number of carbonyl (C=O) groups is 2. The Morgan fingerprint density at radius 1 is 1.05 bits per heavy atom. The van der Waals surface area contributed by atoms with Crippen LogP contribution in [-0.4, -0.2) is 24.9 Å². The van der Waals surface area contributed by atoms with Crippen LogP contribution in [0.5, 0.6) is 0 Å². The summed E-state index contributed by atoms with van der Waals surface area (Å²) in [6.07, 6.45) is 1.86. The molecule has 0 spiro atoms. The zero-order chi connectivity index (χ0) is 14.3. The van der Waals surface area contributed by atoms with Gasteiger partial charge in [0.15, 0.2) is 5.78 Å². The summed E-state index contributed by atoms with van der Waals surface area (Å²) in [5, 5.41) is 2.79. The van der Waals surface area contributed by atoms with Crippen molar-refractivity contribution in [1.29, 1.82) is 0 Å². The van der Waals surface area contributed by atoms with Gasteiger partial charge in [0.05, 0.1) is 0 Å². The Labute approximate surface area is 114 Å². The van der Waals surface area contributed by atoms with Gasteiger partial charge in [-0.2, -0.15) is 0 Å². The number of hydrogen-bond acceptors (Lipinski definition) is 3. The molecule has 1 rings (SSSR count). The van der Waals surface area contributed by atoms with Crippen molar-refractivity contribution in [2.45, 2.75) is 33.6 Å². The first-order valence-corrected chi connectivity index (χ1v) is 6.55. The molecule has 1 amide bonds. The summed E-state index contributed by atoms with van der Waals surface area (Å²) >= 11 is 0. The number of ether oxygens (including phenoxy) is 1. The van der Waals surface area contributed by atoms with E-state index in [4.69, 9.17) is 4.74 Å². The standard InChI is InChI=1S/C15H21NO3/c1-4-12-6-13(5-2)8-14(7-12)16-15(18)10-19-9-11(3)17/h6-8H,4-5,9-10H2,1-3H3,(H,16,18). The number of anilines is 1. The molecule has 0 fully saturated rings.